The summed E-state index contributed by atoms with van der Waals surface area (Å²) < 4.78 is 0. The van der Waals surface area contributed by atoms with Crippen LogP contribution in [0.1, 0.15) is 32.6 Å². The summed E-state index contributed by atoms with van der Waals surface area (Å²) >= 11 is 3.36. The molecule has 0 spiro atoms. The molecule has 74 valence electrons. The van der Waals surface area contributed by atoms with Gasteiger partial charge in [-0.25, -0.2) is 0 Å². The molecule has 3 atom stereocenters. The Hall–Kier alpha value is -0.0500. The highest BCUT2D eigenvalue weighted by molar-refractivity contribution is 9.10. The lowest BCUT2D eigenvalue weighted by Crippen LogP contribution is -2.39. The first kappa shape index (κ1) is 9.50. The van der Waals surface area contributed by atoms with Gasteiger partial charge in [0.1, 0.15) is 0 Å². The highest BCUT2D eigenvalue weighted by atomic mass is 79.9. The molecule has 1 heterocycles. The second-order valence-corrected chi connectivity index (χ2v) is 5.57. The Labute approximate surface area is 87.8 Å². The van der Waals surface area contributed by atoms with E-state index in [1.54, 1.807) is 0 Å². The van der Waals surface area contributed by atoms with Crippen molar-refractivity contribution in [3.8, 4) is 0 Å². The van der Waals surface area contributed by atoms with E-state index in [9.17, 15) is 4.79 Å². The first-order valence-corrected chi connectivity index (χ1v) is 6.06. The summed E-state index contributed by atoms with van der Waals surface area (Å²) in [4.78, 5) is 13.9. The van der Waals surface area contributed by atoms with Crippen LogP contribution in [0.3, 0.4) is 0 Å². The molecule has 1 saturated heterocycles. The van der Waals surface area contributed by atoms with Crippen molar-refractivity contribution in [3.63, 3.8) is 0 Å². The van der Waals surface area contributed by atoms with Crippen molar-refractivity contribution in [1.82, 2.24) is 4.90 Å². The maximum Gasteiger partial charge on any atom is 0.236 e. The van der Waals surface area contributed by atoms with Crippen molar-refractivity contribution in [2.24, 2.45) is 5.92 Å². The maximum atomic E-state index is 11.8. The summed E-state index contributed by atoms with van der Waals surface area (Å²) in [6.45, 7) is 2.91. The molecule has 2 rings (SSSR count). The van der Waals surface area contributed by atoms with Gasteiger partial charge >= 0.3 is 0 Å². The van der Waals surface area contributed by atoms with Crippen LogP contribution >= 0.6 is 15.9 Å². The SMILES string of the molecule is CC(Br)C(=O)N1CCC2CCCC21. The van der Waals surface area contributed by atoms with Crippen molar-refractivity contribution in [2.45, 2.75) is 43.5 Å². The first-order valence-electron chi connectivity index (χ1n) is 5.14. The number of hydrogen-bond acceptors (Lipinski definition) is 1. The third-order valence-electron chi connectivity index (χ3n) is 3.38. The topological polar surface area (TPSA) is 20.3 Å². The molecule has 0 aromatic heterocycles. The quantitative estimate of drug-likeness (QED) is 0.649. The van der Waals surface area contributed by atoms with Crippen LogP contribution in [0.5, 0.6) is 0 Å². The molecule has 1 saturated carbocycles. The van der Waals surface area contributed by atoms with Gasteiger partial charge in [-0.05, 0) is 32.1 Å². The number of likely N-dealkylation sites (tertiary alicyclic amines) is 1. The number of fused-ring (bicyclic) bond motifs is 1. The van der Waals surface area contributed by atoms with E-state index in [1.807, 2.05) is 6.92 Å². The molecular formula is C10H16BrNO. The van der Waals surface area contributed by atoms with Gasteiger partial charge in [0.25, 0.3) is 0 Å². The smallest absolute Gasteiger partial charge is 0.236 e. The van der Waals surface area contributed by atoms with Gasteiger partial charge in [0.05, 0.1) is 4.83 Å². The van der Waals surface area contributed by atoms with Gasteiger partial charge in [0.15, 0.2) is 0 Å². The monoisotopic (exact) mass is 245 g/mol. The van der Waals surface area contributed by atoms with E-state index >= 15 is 0 Å². The van der Waals surface area contributed by atoms with Crippen LogP contribution in [0.4, 0.5) is 0 Å². The molecular weight excluding hydrogens is 230 g/mol. The van der Waals surface area contributed by atoms with Gasteiger partial charge in [0.2, 0.25) is 5.91 Å². The highest BCUT2D eigenvalue weighted by Crippen LogP contribution is 2.38. The van der Waals surface area contributed by atoms with E-state index in [4.69, 9.17) is 0 Å². The molecule has 0 aromatic carbocycles. The van der Waals surface area contributed by atoms with Crippen molar-refractivity contribution in [2.75, 3.05) is 6.54 Å². The molecule has 3 heteroatoms. The molecule has 0 radical (unpaired) electrons. The van der Waals surface area contributed by atoms with E-state index in [0.29, 0.717) is 6.04 Å². The fourth-order valence-corrected chi connectivity index (χ4v) is 3.00. The second-order valence-electron chi connectivity index (χ2n) is 4.19. The summed E-state index contributed by atoms with van der Waals surface area (Å²) in [6.07, 6.45) is 5.12. The number of carbonyl (C=O) groups excluding carboxylic acids is 1. The van der Waals surface area contributed by atoms with Crippen LogP contribution in [-0.2, 0) is 4.79 Å². The molecule has 0 N–H and O–H groups in total. The van der Waals surface area contributed by atoms with Gasteiger partial charge < -0.3 is 4.90 Å². The fourth-order valence-electron chi connectivity index (χ4n) is 2.74. The Kier molecular flexibility index (Phi) is 2.63. The Morgan fingerprint density at radius 2 is 2.23 bits per heavy atom. The Balaban J connectivity index is 2.04. The van der Waals surface area contributed by atoms with Crippen molar-refractivity contribution in [3.05, 3.63) is 0 Å². The number of halogens is 1. The first-order chi connectivity index (χ1) is 6.20. The maximum absolute atomic E-state index is 11.8. The van der Waals surface area contributed by atoms with E-state index in [-0.39, 0.29) is 10.7 Å². The molecule has 1 aliphatic heterocycles. The number of hydrogen-bond donors (Lipinski definition) is 0. The third-order valence-corrected chi connectivity index (χ3v) is 3.78. The van der Waals surface area contributed by atoms with E-state index in [1.165, 1.54) is 25.7 Å². The van der Waals surface area contributed by atoms with Crippen LogP contribution in [0.25, 0.3) is 0 Å². The molecule has 1 amide bonds. The predicted molar refractivity (Wildman–Crippen MR) is 55.8 cm³/mol. The second kappa shape index (κ2) is 3.60. The predicted octanol–water partition coefficient (Wildman–Crippen LogP) is 2.17. The molecule has 3 unspecified atom stereocenters. The average Bonchev–Trinajstić information content (AvgIpc) is 2.61. The molecule has 2 fully saturated rings. The minimum absolute atomic E-state index is 0.00755. The van der Waals surface area contributed by atoms with Crippen LogP contribution in [-0.4, -0.2) is 28.2 Å². The summed E-state index contributed by atoms with van der Waals surface area (Å²) in [6, 6.07) is 0.576. The van der Waals surface area contributed by atoms with E-state index in [0.717, 1.165) is 12.5 Å². The van der Waals surface area contributed by atoms with Crippen molar-refractivity contribution in [1.29, 1.82) is 0 Å². The fraction of sp³-hybridized carbons (Fsp3) is 0.900. The molecule has 1 aliphatic carbocycles. The summed E-state index contributed by atoms with van der Waals surface area (Å²) in [5.74, 6) is 1.10. The third kappa shape index (κ3) is 1.63. The largest absolute Gasteiger partial charge is 0.338 e. The standard InChI is InChI=1S/C10H16BrNO/c1-7(11)10(13)12-6-5-8-3-2-4-9(8)12/h7-9H,2-6H2,1H3. The van der Waals surface area contributed by atoms with Crippen LogP contribution in [0, 0.1) is 5.92 Å². The molecule has 13 heavy (non-hydrogen) atoms. The van der Waals surface area contributed by atoms with Crippen LogP contribution < -0.4 is 0 Å². The Morgan fingerprint density at radius 3 is 2.92 bits per heavy atom. The number of rotatable bonds is 1. The Bertz CT molecular complexity index is 217. The van der Waals surface area contributed by atoms with Gasteiger partial charge in [-0.15, -0.1) is 0 Å². The van der Waals surface area contributed by atoms with Crippen molar-refractivity contribution >= 4 is 21.8 Å². The van der Waals surface area contributed by atoms with Gasteiger partial charge in [-0.3, -0.25) is 4.79 Å². The highest BCUT2D eigenvalue weighted by Gasteiger charge is 2.40. The average molecular weight is 246 g/mol. The summed E-state index contributed by atoms with van der Waals surface area (Å²) in [5.41, 5.74) is 0. The number of nitrogens with zero attached hydrogens (tertiary/aromatic N) is 1. The lowest BCUT2D eigenvalue weighted by atomic mass is 10.0. The van der Waals surface area contributed by atoms with Crippen LogP contribution in [0.2, 0.25) is 0 Å². The lowest BCUT2D eigenvalue weighted by molar-refractivity contribution is -0.131. The zero-order valence-electron chi connectivity index (χ0n) is 8.00. The van der Waals surface area contributed by atoms with Gasteiger partial charge in [-0.1, -0.05) is 22.4 Å². The minimum Gasteiger partial charge on any atom is -0.338 e. The van der Waals surface area contributed by atoms with Gasteiger partial charge in [0, 0.05) is 12.6 Å². The van der Waals surface area contributed by atoms with E-state index < -0.39 is 0 Å². The zero-order valence-corrected chi connectivity index (χ0v) is 9.59. The molecule has 0 aromatic rings. The van der Waals surface area contributed by atoms with Crippen molar-refractivity contribution < 1.29 is 4.79 Å². The summed E-state index contributed by atoms with van der Waals surface area (Å²) in [5, 5.41) is 0. The molecule has 0 bridgehead atoms. The minimum atomic E-state index is -0.00755. The van der Waals surface area contributed by atoms with Gasteiger partial charge in [-0.2, -0.15) is 0 Å². The number of alkyl halides is 1. The molecule has 2 nitrogen and oxygen atoms in total. The van der Waals surface area contributed by atoms with E-state index in [2.05, 4.69) is 20.8 Å². The number of amides is 1. The lowest BCUT2D eigenvalue weighted by Gasteiger charge is -2.25. The Morgan fingerprint density at radius 1 is 1.46 bits per heavy atom. The molecule has 2 aliphatic rings. The summed E-state index contributed by atoms with van der Waals surface area (Å²) in [7, 11) is 0. The van der Waals surface area contributed by atoms with Crippen LogP contribution in [0.15, 0.2) is 0 Å². The normalized spacial score (nSPS) is 34.8. The number of carbonyl (C=O) groups is 1. The zero-order chi connectivity index (χ0) is 9.42.